The molecule has 28 heavy (non-hydrogen) atoms. The second-order valence-electron chi connectivity index (χ2n) is 6.34. The molecule has 0 bridgehead atoms. The van der Waals surface area contributed by atoms with Gasteiger partial charge in [0.05, 0.1) is 22.7 Å². The van der Waals surface area contributed by atoms with Crippen LogP contribution in [0.25, 0.3) is 0 Å². The maximum Gasteiger partial charge on any atom is 0.338 e. The van der Waals surface area contributed by atoms with E-state index in [-0.39, 0.29) is 23.7 Å². The summed E-state index contributed by atoms with van der Waals surface area (Å²) in [7, 11) is 0. The maximum absolute atomic E-state index is 12.1. The number of anilines is 2. The van der Waals surface area contributed by atoms with Gasteiger partial charge in [-0.3, -0.25) is 9.59 Å². The molecule has 1 atom stereocenters. The lowest BCUT2D eigenvalue weighted by Gasteiger charge is -2.11. The molecule has 0 aliphatic heterocycles. The fourth-order valence-electron chi connectivity index (χ4n) is 2.10. The van der Waals surface area contributed by atoms with Crippen LogP contribution in [0.2, 0.25) is 0 Å². The van der Waals surface area contributed by atoms with E-state index in [0.29, 0.717) is 22.8 Å². The van der Waals surface area contributed by atoms with Crippen molar-refractivity contribution < 1.29 is 23.6 Å². The Kier molecular flexibility index (Phi) is 7.62. The quantitative estimate of drug-likeness (QED) is 0.649. The first-order valence-corrected chi connectivity index (χ1v) is 9.76. The first kappa shape index (κ1) is 21.5. The Morgan fingerprint density at radius 3 is 2.39 bits per heavy atom. The molecular formula is C19H23N3O5S. The second kappa shape index (κ2) is 9.93. The maximum atomic E-state index is 12.1. The van der Waals surface area contributed by atoms with Gasteiger partial charge < -0.3 is 19.9 Å². The van der Waals surface area contributed by atoms with E-state index in [2.05, 4.69) is 15.8 Å². The smallest absolute Gasteiger partial charge is 0.338 e. The zero-order chi connectivity index (χ0) is 20.7. The summed E-state index contributed by atoms with van der Waals surface area (Å²) in [4.78, 5) is 36.0. The standard InChI is InChI=1S/C19H23N3O5S/c1-11(2)26-19(25)14-5-7-15(8-6-14)20-17(23)10-28-13(4)18(24)21-16-9-12(3)27-22-16/h5-9,11,13H,10H2,1-4H3,(H,20,23)(H,21,22,24)/t13-/m1/s1. The van der Waals surface area contributed by atoms with E-state index in [4.69, 9.17) is 9.26 Å². The van der Waals surface area contributed by atoms with E-state index >= 15 is 0 Å². The van der Waals surface area contributed by atoms with Crippen LogP contribution in [-0.2, 0) is 14.3 Å². The van der Waals surface area contributed by atoms with Crippen molar-refractivity contribution in [2.45, 2.75) is 39.0 Å². The Bertz CT molecular complexity index is 832. The summed E-state index contributed by atoms with van der Waals surface area (Å²) in [6.45, 7) is 6.98. The normalized spacial score (nSPS) is 11.8. The molecule has 2 N–H and O–H groups in total. The molecule has 2 aromatic rings. The Balaban J connectivity index is 1.78. The first-order chi connectivity index (χ1) is 13.2. The molecule has 1 aromatic heterocycles. The zero-order valence-electron chi connectivity index (χ0n) is 16.1. The molecule has 0 saturated heterocycles. The summed E-state index contributed by atoms with van der Waals surface area (Å²) in [6, 6.07) is 8.04. The minimum atomic E-state index is -0.448. The third kappa shape index (κ3) is 6.73. The molecule has 1 aromatic carbocycles. The predicted molar refractivity (Wildman–Crippen MR) is 107 cm³/mol. The molecule has 0 spiro atoms. The Hall–Kier alpha value is -2.81. The predicted octanol–water partition coefficient (Wildman–Crippen LogP) is 3.25. The number of esters is 1. The van der Waals surface area contributed by atoms with Crippen LogP contribution in [0.15, 0.2) is 34.9 Å². The third-order valence-electron chi connectivity index (χ3n) is 3.46. The summed E-state index contributed by atoms with van der Waals surface area (Å²) >= 11 is 1.20. The van der Waals surface area contributed by atoms with E-state index in [0.717, 1.165) is 0 Å². The van der Waals surface area contributed by atoms with Gasteiger partial charge in [-0.05, 0) is 52.0 Å². The molecule has 0 radical (unpaired) electrons. The van der Waals surface area contributed by atoms with E-state index < -0.39 is 11.2 Å². The fraction of sp³-hybridized carbons (Fsp3) is 0.368. The van der Waals surface area contributed by atoms with Crippen LogP contribution in [-0.4, -0.2) is 40.0 Å². The number of benzene rings is 1. The van der Waals surface area contributed by atoms with E-state index in [1.54, 1.807) is 58.0 Å². The number of nitrogens with one attached hydrogen (secondary N) is 2. The molecule has 0 unspecified atom stereocenters. The summed E-state index contributed by atoms with van der Waals surface area (Å²) < 4.78 is 10.00. The van der Waals surface area contributed by atoms with Crippen molar-refractivity contribution in [1.82, 2.24) is 5.16 Å². The number of carbonyl (C=O) groups is 3. The summed E-state index contributed by atoms with van der Waals surface area (Å²) in [5.74, 6) is 0.113. The molecule has 0 aliphatic carbocycles. The highest BCUT2D eigenvalue weighted by atomic mass is 32.2. The van der Waals surface area contributed by atoms with Crippen molar-refractivity contribution in [3.05, 3.63) is 41.7 Å². The van der Waals surface area contributed by atoms with Crippen molar-refractivity contribution in [3.8, 4) is 0 Å². The number of hydrogen-bond donors (Lipinski definition) is 2. The number of carbonyl (C=O) groups excluding carboxylic acids is 3. The molecule has 1 heterocycles. The Morgan fingerprint density at radius 2 is 1.82 bits per heavy atom. The lowest BCUT2D eigenvalue weighted by atomic mass is 10.2. The van der Waals surface area contributed by atoms with Crippen molar-refractivity contribution in [2.24, 2.45) is 0 Å². The molecule has 150 valence electrons. The average Bonchev–Trinajstić information content (AvgIpc) is 3.04. The van der Waals surface area contributed by atoms with E-state index in [1.807, 2.05) is 0 Å². The van der Waals surface area contributed by atoms with E-state index in [9.17, 15) is 14.4 Å². The van der Waals surface area contributed by atoms with Crippen molar-refractivity contribution in [1.29, 1.82) is 0 Å². The minimum Gasteiger partial charge on any atom is -0.459 e. The lowest BCUT2D eigenvalue weighted by molar-refractivity contribution is -0.115. The highest BCUT2D eigenvalue weighted by Crippen LogP contribution is 2.16. The number of thioether (sulfide) groups is 1. The van der Waals surface area contributed by atoms with Crippen molar-refractivity contribution in [2.75, 3.05) is 16.4 Å². The summed E-state index contributed by atoms with van der Waals surface area (Å²) in [5, 5.41) is 8.60. The van der Waals surface area contributed by atoms with Crippen LogP contribution in [0.1, 0.15) is 36.9 Å². The SMILES string of the molecule is Cc1cc(NC(=O)[C@@H](C)SCC(=O)Nc2ccc(C(=O)OC(C)C)cc2)no1. The van der Waals surface area contributed by atoms with Gasteiger partial charge in [0.25, 0.3) is 0 Å². The Labute approximate surface area is 167 Å². The summed E-state index contributed by atoms with van der Waals surface area (Å²) in [6.07, 6.45) is -0.198. The number of rotatable bonds is 8. The molecule has 0 saturated carbocycles. The number of ether oxygens (including phenoxy) is 1. The van der Waals surface area contributed by atoms with Crippen LogP contribution in [0, 0.1) is 6.92 Å². The molecule has 0 aliphatic rings. The van der Waals surface area contributed by atoms with Crippen molar-refractivity contribution in [3.63, 3.8) is 0 Å². The average molecular weight is 405 g/mol. The summed E-state index contributed by atoms with van der Waals surface area (Å²) in [5.41, 5.74) is 0.969. The molecule has 0 fully saturated rings. The monoisotopic (exact) mass is 405 g/mol. The van der Waals surface area contributed by atoms with Crippen LogP contribution in [0.4, 0.5) is 11.5 Å². The third-order valence-corrected chi connectivity index (χ3v) is 4.60. The minimum absolute atomic E-state index is 0.101. The largest absolute Gasteiger partial charge is 0.459 e. The van der Waals surface area contributed by atoms with Gasteiger partial charge in [0.2, 0.25) is 11.8 Å². The van der Waals surface area contributed by atoms with Gasteiger partial charge in [-0.15, -0.1) is 11.8 Å². The molecular weight excluding hydrogens is 382 g/mol. The van der Waals surface area contributed by atoms with Gasteiger partial charge in [0.15, 0.2) is 5.82 Å². The van der Waals surface area contributed by atoms with Gasteiger partial charge >= 0.3 is 5.97 Å². The Morgan fingerprint density at radius 1 is 1.14 bits per heavy atom. The lowest BCUT2D eigenvalue weighted by Crippen LogP contribution is -2.25. The van der Waals surface area contributed by atoms with Crippen LogP contribution in [0.5, 0.6) is 0 Å². The van der Waals surface area contributed by atoms with Crippen LogP contribution < -0.4 is 10.6 Å². The molecule has 8 nitrogen and oxygen atoms in total. The fourth-order valence-corrected chi connectivity index (χ4v) is 2.78. The van der Waals surface area contributed by atoms with Crippen LogP contribution >= 0.6 is 11.8 Å². The highest BCUT2D eigenvalue weighted by Gasteiger charge is 2.17. The number of aryl methyl sites for hydroxylation is 1. The first-order valence-electron chi connectivity index (χ1n) is 8.71. The van der Waals surface area contributed by atoms with Gasteiger partial charge in [-0.25, -0.2) is 4.79 Å². The number of hydrogen-bond acceptors (Lipinski definition) is 7. The number of nitrogens with zero attached hydrogens (tertiary/aromatic N) is 1. The van der Waals surface area contributed by atoms with Gasteiger partial charge in [0, 0.05) is 11.8 Å². The topological polar surface area (TPSA) is 111 Å². The molecule has 2 rings (SSSR count). The second-order valence-corrected chi connectivity index (χ2v) is 7.67. The van der Waals surface area contributed by atoms with Gasteiger partial charge in [-0.1, -0.05) is 5.16 Å². The number of amides is 2. The zero-order valence-corrected chi connectivity index (χ0v) is 17.0. The number of aromatic nitrogens is 1. The van der Waals surface area contributed by atoms with Crippen LogP contribution in [0.3, 0.4) is 0 Å². The van der Waals surface area contributed by atoms with Gasteiger partial charge in [-0.2, -0.15) is 0 Å². The van der Waals surface area contributed by atoms with Crippen molar-refractivity contribution >= 4 is 41.1 Å². The molecule has 2 amide bonds. The van der Waals surface area contributed by atoms with E-state index in [1.165, 1.54) is 11.8 Å². The highest BCUT2D eigenvalue weighted by molar-refractivity contribution is 8.01. The molecule has 9 heteroatoms. The van der Waals surface area contributed by atoms with Gasteiger partial charge in [0.1, 0.15) is 5.76 Å².